The molecule has 0 radical (unpaired) electrons. The standard InChI is InChI=1S/C14H23NO/c1-4-6-11-15-13-7-9-14(10-8-13)16-12(3)5-2/h7-10,12,15H,4-6,11H2,1-3H3. The second kappa shape index (κ2) is 7.15. The van der Waals surface area contributed by atoms with Crippen LogP contribution in [0.4, 0.5) is 5.69 Å². The van der Waals surface area contributed by atoms with Gasteiger partial charge < -0.3 is 10.1 Å². The Kier molecular flexibility index (Phi) is 5.76. The fraction of sp³-hybridized carbons (Fsp3) is 0.571. The van der Waals surface area contributed by atoms with Crippen LogP contribution < -0.4 is 10.1 Å². The van der Waals surface area contributed by atoms with Gasteiger partial charge in [-0.3, -0.25) is 0 Å². The molecule has 0 aromatic heterocycles. The Labute approximate surface area is 99.0 Å². The van der Waals surface area contributed by atoms with Crippen LogP contribution in [0.5, 0.6) is 5.75 Å². The molecule has 1 aromatic carbocycles. The molecule has 0 aliphatic rings. The van der Waals surface area contributed by atoms with Crippen molar-refractivity contribution in [2.45, 2.75) is 46.1 Å². The Bertz CT molecular complexity index is 281. The lowest BCUT2D eigenvalue weighted by Crippen LogP contribution is -2.09. The maximum Gasteiger partial charge on any atom is 0.119 e. The smallest absolute Gasteiger partial charge is 0.119 e. The van der Waals surface area contributed by atoms with Gasteiger partial charge in [0.2, 0.25) is 0 Å². The number of nitrogens with one attached hydrogen (secondary N) is 1. The lowest BCUT2D eigenvalue weighted by Gasteiger charge is -2.13. The molecule has 0 saturated heterocycles. The van der Waals surface area contributed by atoms with Gasteiger partial charge in [0, 0.05) is 12.2 Å². The van der Waals surface area contributed by atoms with E-state index in [9.17, 15) is 0 Å². The summed E-state index contributed by atoms with van der Waals surface area (Å²) in [7, 11) is 0. The van der Waals surface area contributed by atoms with Crippen LogP contribution in [0.2, 0.25) is 0 Å². The molecule has 1 atom stereocenters. The molecule has 0 fully saturated rings. The highest BCUT2D eigenvalue weighted by atomic mass is 16.5. The SMILES string of the molecule is CCCCNc1ccc(OC(C)CC)cc1. The van der Waals surface area contributed by atoms with E-state index in [0.717, 1.165) is 18.7 Å². The van der Waals surface area contributed by atoms with Crippen molar-refractivity contribution in [3.05, 3.63) is 24.3 Å². The predicted octanol–water partition coefficient (Wildman–Crippen LogP) is 4.08. The molecule has 0 saturated carbocycles. The van der Waals surface area contributed by atoms with E-state index in [1.165, 1.54) is 18.5 Å². The summed E-state index contributed by atoms with van der Waals surface area (Å²) in [5.41, 5.74) is 1.17. The summed E-state index contributed by atoms with van der Waals surface area (Å²) in [5, 5.41) is 3.38. The van der Waals surface area contributed by atoms with Crippen molar-refractivity contribution in [3.8, 4) is 5.75 Å². The van der Waals surface area contributed by atoms with Crippen LogP contribution in [0.15, 0.2) is 24.3 Å². The van der Waals surface area contributed by atoms with Crippen LogP contribution in [-0.4, -0.2) is 12.6 Å². The first-order valence-corrected chi connectivity index (χ1v) is 6.26. The van der Waals surface area contributed by atoms with Gasteiger partial charge in [-0.05, 0) is 44.0 Å². The van der Waals surface area contributed by atoms with Crippen LogP contribution in [0, 0.1) is 0 Å². The molecule has 1 rings (SSSR count). The topological polar surface area (TPSA) is 21.3 Å². The van der Waals surface area contributed by atoms with Gasteiger partial charge in [0.1, 0.15) is 5.75 Å². The minimum atomic E-state index is 0.291. The van der Waals surface area contributed by atoms with Gasteiger partial charge in [0.25, 0.3) is 0 Å². The van der Waals surface area contributed by atoms with Crippen LogP contribution >= 0.6 is 0 Å². The third-order valence-electron chi connectivity index (χ3n) is 2.63. The number of unbranched alkanes of at least 4 members (excludes halogenated alkanes) is 1. The van der Waals surface area contributed by atoms with Crippen molar-refractivity contribution >= 4 is 5.69 Å². The van der Waals surface area contributed by atoms with E-state index >= 15 is 0 Å². The van der Waals surface area contributed by atoms with Crippen molar-refractivity contribution < 1.29 is 4.74 Å². The number of ether oxygens (including phenoxy) is 1. The highest BCUT2D eigenvalue weighted by Gasteiger charge is 2.00. The molecule has 1 unspecified atom stereocenters. The third-order valence-corrected chi connectivity index (χ3v) is 2.63. The van der Waals surface area contributed by atoms with Crippen molar-refractivity contribution in [1.82, 2.24) is 0 Å². The van der Waals surface area contributed by atoms with Crippen LogP contribution in [0.3, 0.4) is 0 Å². The molecule has 0 aliphatic heterocycles. The van der Waals surface area contributed by atoms with Gasteiger partial charge >= 0.3 is 0 Å². The molecule has 0 amide bonds. The first-order valence-electron chi connectivity index (χ1n) is 6.26. The highest BCUT2D eigenvalue weighted by Crippen LogP contribution is 2.17. The van der Waals surface area contributed by atoms with Gasteiger partial charge in [0.05, 0.1) is 6.10 Å². The van der Waals surface area contributed by atoms with E-state index < -0.39 is 0 Å². The summed E-state index contributed by atoms with van der Waals surface area (Å²) in [6.45, 7) is 7.46. The molecule has 16 heavy (non-hydrogen) atoms. The van der Waals surface area contributed by atoms with Crippen LogP contribution in [0.1, 0.15) is 40.0 Å². The average molecular weight is 221 g/mol. The monoisotopic (exact) mass is 221 g/mol. The summed E-state index contributed by atoms with van der Waals surface area (Å²) in [5.74, 6) is 0.954. The minimum absolute atomic E-state index is 0.291. The van der Waals surface area contributed by atoms with E-state index in [-0.39, 0.29) is 0 Å². The molecular weight excluding hydrogens is 198 g/mol. The maximum absolute atomic E-state index is 5.72. The minimum Gasteiger partial charge on any atom is -0.491 e. The summed E-state index contributed by atoms with van der Waals surface area (Å²) in [6.07, 6.45) is 3.77. The van der Waals surface area contributed by atoms with Gasteiger partial charge in [0.15, 0.2) is 0 Å². The van der Waals surface area contributed by atoms with Crippen molar-refractivity contribution in [2.24, 2.45) is 0 Å². The molecule has 2 heteroatoms. The lowest BCUT2D eigenvalue weighted by molar-refractivity contribution is 0.217. The molecule has 90 valence electrons. The van der Waals surface area contributed by atoms with E-state index in [1.54, 1.807) is 0 Å². The molecule has 1 aromatic rings. The zero-order chi connectivity index (χ0) is 11.8. The maximum atomic E-state index is 5.72. The number of hydrogen-bond acceptors (Lipinski definition) is 2. The molecule has 2 nitrogen and oxygen atoms in total. The second-order valence-electron chi connectivity index (χ2n) is 4.14. The largest absolute Gasteiger partial charge is 0.491 e. The summed E-state index contributed by atoms with van der Waals surface area (Å²) in [4.78, 5) is 0. The van der Waals surface area contributed by atoms with Gasteiger partial charge in [-0.25, -0.2) is 0 Å². The molecule has 1 N–H and O–H groups in total. The van der Waals surface area contributed by atoms with Crippen molar-refractivity contribution in [1.29, 1.82) is 0 Å². The third kappa shape index (κ3) is 4.56. The van der Waals surface area contributed by atoms with Gasteiger partial charge in [-0.15, -0.1) is 0 Å². The lowest BCUT2D eigenvalue weighted by atomic mass is 10.2. The van der Waals surface area contributed by atoms with E-state index in [1.807, 2.05) is 12.1 Å². The number of hydrogen-bond donors (Lipinski definition) is 1. The van der Waals surface area contributed by atoms with E-state index in [2.05, 4.69) is 38.2 Å². The summed E-state index contributed by atoms with van der Waals surface area (Å²) in [6, 6.07) is 8.21. The van der Waals surface area contributed by atoms with Crippen LogP contribution in [-0.2, 0) is 0 Å². The van der Waals surface area contributed by atoms with E-state index in [4.69, 9.17) is 4.74 Å². The second-order valence-corrected chi connectivity index (χ2v) is 4.14. The molecule has 0 aliphatic carbocycles. The van der Waals surface area contributed by atoms with Crippen molar-refractivity contribution in [2.75, 3.05) is 11.9 Å². The molecular formula is C14H23NO. The summed E-state index contributed by atoms with van der Waals surface area (Å²) < 4.78 is 5.72. The van der Waals surface area contributed by atoms with Crippen molar-refractivity contribution in [3.63, 3.8) is 0 Å². The van der Waals surface area contributed by atoms with Gasteiger partial charge in [-0.1, -0.05) is 20.3 Å². The zero-order valence-corrected chi connectivity index (χ0v) is 10.6. The summed E-state index contributed by atoms with van der Waals surface area (Å²) >= 11 is 0. The highest BCUT2D eigenvalue weighted by molar-refractivity contribution is 5.46. The Morgan fingerprint density at radius 2 is 1.88 bits per heavy atom. The predicted molar refractivity (Wildman–Crippen MR) is 70.2 cm³/mol. The Morgan fingerprint density at radius 3 is 2.44 bits per heavy atom. The number of rotatable bonds is 7. The average Bonchev–Trinajstić information content (AvgIpc) is 2.31. The molecule has 0 heterocycles. The fourth-order valence-electron chi connectivity index (χ4n) is 1.38. The first kappa shape index (κ1) is 12.9. The first-order chi connectivity index (χ1) is 7.76. The number of benzene rings is 1. The Balaban J connectivity index is 2.41. The molecule has 0 bridgehead atoms. The normalized spacial score (nSPS) is 12.2. The molecule has 0 spiro atoms. The van der Waals surface area contributed by atoms with Gasteiger partial charge in [-0.2, -0.15) is 0 Å². The Morgan fingerprint density at radius 1 is 1.19 bits per heavy atom. The fourth-order valence-corrected chi connectivity index (χ4v) is 1.38. The quantitative estimate of drug-likeness (QED) is 0.701. The zero-order valence-electron chi connectivity index (χ0n) is 10.6. The van der Waals surface area contributed by atoms with E-state index in [0.29, 0.717) is 6.10 Å². The Hall–Kier alpha value is -1.18. The number of anilines is 1. The van der Waals surface area contributed by atoms with Crippen LogP contribution in [0.25, 0.3) is 0 Å².